The van der Waals surface area contributed by atoms with Gasteiger partial charge in [0.15, 0.2) is 0 Å². The minimum absolute atomic E-state index is 0.153. The second-order valence-corrected chi connectivity index (χ2v) is 5.44. The Morgan fingerprint density at radius 2 is 2.12 bits per heavy atom. The first-order chi connectivity index (χ1) is 7.43. The highest BCUT2D eigenvalue weighted by Gasteiger charge is 2.23. The van der Waals surface area contributed by atoms with Crippen LogP contribution in [-0.2, 0) is 0 Å². The molecule has 0 amide bonds. The van der Waals surface area contributed by atoms with Gasteiger partial charge in [0.05, 0.1) is 5.02 Å². The van der Waals surface area contributed by atoms with Crippen molar-refractivity contribution < 1.29 is 0 Å². The van der Waals surface area contributed by atoms with Gasteiger partial charge in [-0.05, 0) is 30.5 Å². The Kier molecular flexibility index (Phi) is 4.56. The van der Waals surface area contributed by atoms with Crippen LogP contribution in [0.1, 0.15) is 27.2 Å². The SMILES string of the molecule is CC(C)(C)C(CCN)Nc1ccc(Cl)cn1. The Hall–Kier alpha value is -0.800. The molecule has 0 spiro atoms. The highest BCUT2D eigenvalue weighted by atomic mass is 35.5. The van der Waals surface area contributed by atoms with Gasteiger partial charge in [-0.2, -0.15) is 0 Å². The molecule has 3 N–H and O–H groups in total. The van der Waals surface area contributed by atoms with Gasteiger partial charge in [0.25, 0.3) is 0 Å². The average molecular weight is 242 g/mol. The zero-order chi connectivity index (χ0) is 12.2. The van der Waals surface area contributed by atoms with E-state index in [4.69, 9.17) is 17.3 Å². The molecule has 3 nitrogen and oxygen atoms in total. The highest BCUT2D eigenvalue weighted by molar-refractivity contribution is 6.30. The number of nitrogens with two attached hydrogens (primary N) is 1. The van der Waals surface area contributed by atoms with Gasteiger partial charge >= 0.3 is 0 Å². The molecule has 0 saturated heterocycles. The molecule has 0 aliphatic rings. The summed E-state index contributed by atoms with van der Waals surface area (Å²) in [7, 11) is 0. The molecule has 0 aromatic carbocycles. The average Bonchev–Trinajstić information content (AvgIpc) is 2.19. The molecule has 1 unspecified atom stereocenters. The number of anilines is 1. The van der Waals surface area contributed by atoms with Gasteiger partial charge in [-0.15, -0.1) is 0 Å². The lowest BCUT2D eigenvalue weighted by atomic mass is 9.85. The maximum absolute atomic E-state index is 5.79. The van der Waals surface area contributed by atoms with E-state index in [9.17, 15) is 0 Å². The van der Waals surface area contributed by atoms with E-state index in [2.05, 4.69) is 31.1 Å². The largest absolute Gasteiger partial charge is 0.367 e. The van der Waals surface area contributed by atoms with Gasteiger partial charge in [0.2, 0.25) is 0 Å². The number of pyridine rings is 1. The molecule has 1 aromatic rings. The molecule has 90 valence electrons. The first kappa shape index (κ1) is 13.3. The molecule has 0 saturated carbocycles. The van der Waals surface area contributed by atoms with E-state index in [0.29, 0.717) is 17.6 Å². The van der Waals surface area contributed by atoms with Crippen LogP contribution < -0.4 is 11.1 Å². The summed E-state index contributed by atoms with van der Waals surface area (Å²) >= 11 is 5.79. The summed E-state index contributed by atoms with van der Waals surface area (Å²) < 4.78 is 0. The standard InChI is InChI=1S/C12H20ClN3/c1-12(2,3)10(6-7-14)16-11-5-4-9(13)8-15-11/h4-5,8,10H,6-7,14H2,1-3H3,(H,15,16). The van der Waals surface area contributed by atoms with Crippen molar-refractivity contribution in [3.63, 3.8) is 0 Å². The second kappa shape index (κ2) is 5.51. The maximum Gasteiger partial charge on any atom is 0.126 e. The molecule has 0 aliphatic carbocycles. The van der Waals surface area contributed by atoms with Crippen LogP contribution in [0.25, 0.3) is 0 Å². The fraction of sp³-hybridized carbons (Fsp3) is 0.583. The Morgan fingerprint density at radius 1 is 1.44 bits per heavy atom. The summed E-state index contributed by atoms with van der Waals surface area (Å²) in [5.41, 5.74) is 5.78. The summed E-state index contributed by atoms with van der Waals surface area (Å²) in [6, 6.07) is 4.03. The smallest absolute Gasteiger partial charge is 0.126 e. The van der Waals surface area contributed by atoms with Gasteiger partial charge in [-0.25, -0.2) is 4.98 Å². The second-order valence-electron chi connectivity index (χ2n) is 5.00. The zero-order valence-corrected chi connectivity index (χ0v) is 10.9. The van der Waals surface area contributed by atoms with Crippen LogP contribution in [0.5, 0.6) is 0 Å². The van der Waals surface area contributed by atoms with Crippen molar-refractivity contribution in [1.29, 1.82) is 0 Å². The first-order valence-corrected chi connectivity index (χ1v) is 5.89. The quantitative estimate of drug-likeness (QED) is 0.852. The van der Waals surface area contributed by atoms with Crippen LogP contribution in [0.15, 0.2) is 18.3 Å². The molecule has 1 heterocycles. The number of hydrogen-bond donors (Lipinski definition) is 2. The van der Waals surface area contributed by atoms with E-state index in [0.717, 1.165) is 12.2 Å². The fourth-order valence-electron chi connectivity index (χ4n) is 1.53. The van der Waals surface area contributed by atoms with Crippen LogP contribution in [0.4, 0.5) is 5.82 Å². The summed E-state index contributed by atoms with van der Waals surface area (Å²) in [4.78, 5) is 4.23. The summed E-state index contributed by atoms with van der Waals surface area (Å²) in [5, 5.41) is 4.05. The van der Waals surface area contributed by atoms with E-state index >= 15 is 0 Å². The Bertz CT molecular complexity index is 316. The van der Waals surface area contributed by atoms with Crippen molar-refractivity contribution >= 4 is 17.4 Å². The Balaban J connectivity index is 2.72. The number of nitrogens with one attached hydrogen (secondary N) is 1. The van der Waals surface area contributed by atoms with Gasteiger partial charge < -0.3 is 11.1 Å². The number of aromatic nitrogens is 1. The van der Waals surface area contributed by atoms with E-state index < -0.39 is 0 Å². The number of nitrogens with zero attached hydrogens (tertiary/aromatic N) is 1. The number of rotatable bonds is 4. The normalized spacial score (nSPS) is 13.6. The van der Waals surface area contributed by atoms with Crippen LogP contribution in [0.3, 0.4) is 0 Å². The van der Waals surface area contributed by atoms with Crippen molar-refractivity contribution in [1.82, 2.24) is 4.98 Å². The van der Waals surface area contributed by atoms with Gasteiger partial charge in [-0.1, -0.05) is 32.4 Å². The predicted octanol–water partition coefficient (Wildman–Crippen LogP) is 2.91. The third kappa shape index (κ3) is 3.99. The van der Waals surface area contributed by atoms with E-state index in [1.807, 2.05) is 12.1 Å². The Labute approximate surface area is 102 Å². The third-order valence-corrected chi connectivity index (χ3v) is 2.77. The van der Waals surface area contributed by atoms with Crippen molar-refractivity contribution in [2.75, 3.05) is 11.9 Å². The number of halogens is 1. The summed E-state index contributed by atoms with van der Waals surface area (Å²) in [6.07, 6.45) is 2.57. The summed E-state index contributed by atoms with van der Waals surface area (Å²) in [5.74, 6) is 0.845. The van der Waals surface area contributed by atoms with Crippen LogP contribution in [0.2, 0.25) is 5.02 Å². The van der Waals surface area contributed by atoms with Crippen LogP contribution >= 0.6 is 11.6 Å². The molecule has 1 rings (SSSR count). The van der Waals surface area contributed by atoms with Gasteiger partial charge in [-0.3, -0.25) is 0 Å². The minimum Gasteiger partial charge on any atom is -0.367 e. The molecule has 4 heteroatoms. The molecule has 0 fully saturated rings. The molecule has 0 radical (unpaired) electrons. The molecule has 16 heavy (non-hydrogen) atoms. The van der Waals surface area contributed by atoms with E-state index in [-0.39, 0.29) is 5.41 Å². The van der Waals surface area contributed by atoms with Crippen LogP contribution in [-0.4, -0.2) is 17.6 Å². The number of hydrogen-bond acceptors (Lipinski definition) is 3. The lowest BCUT2D eigenvalue weighted by Gasteiger charge is -2.31. The predicted molar refractivity (Wildman–Crippen MR) is 69.8 cm³/mol. The first-order valence-electron chi connectivity index (χ1n) is 5.51. The van der Waals surface area contributed by atoms with E-state index in [1.165, 1.54) is 0 Å². The third-order valence-electron chi connectivity index (χ3n) is 2.55. The van der Waals surface area contributed by atoms with Gasteiger partial charge in [0.1, 0.15) is 5.82 Å². The molecule has 1 aromatic heterocycles. The van der Waals surface area contributed by atoms with Crippen LogP contribution in [0, 0.1) is 5.41 Å². The lowest BCUT2D eigenvalue weighted by Crippen LogP contribution is -2.36. The topological polar surface area (TPSA) is 50.9 Å². The molecular weight excluding hydrogens is 222 g/mol. The van der Waals surface area contributed by atoms with Crippen molar-refractivity contribution in [3.8, 4) is 0 Å². The Morgan fingerprint density at radius 3 is 2.56 bits per heavy atom. The molecule has 0 aliphatic heterocycles. The van der Waals surface area contributed by atoms with E-state index in [1.54, 1.807) is 6.20 Å². The van der Waals surface area contributed by atoms with Crippen molar-refractivity contribution in [2.45, 2.75) is 33.2 Å². The molecule has 0 bridgehead atoms. The molecular formula is C12H20ClN3. The highest BCUT2D eigenvalue weighted by Crippen LogP contribution is 2.24. The lowest BCUT2D eigenvalue weighted by molar-refractivity contribution is 0.328. The minimum atomic E-state index is 0.153. The maximum atomic E-state index is 5.79. The monoisotopic (exact) mass is 241 g/mol. The van der Waals surface area contributed by atoms with Crippen molar-refractivity contribution in [2.24, 2.45) is 11.1 Å². The fourth-order valence-corrected chi connectivity index (χ4v) is 1.64. The summed E-state index contributed by atoms with van der Waals surface area (Å²) in [6.45, 7) is 7.24. The van der Waals surface area contributed by atoms with Crippen molar-refractivity contribution in [3.05, 3.63) is 23.4 Å². The molecule has 1 atom stereocenters. The van der Waals surface area contributed by atoms with Gasteiger partial charge in [0, 0.05) is 12.2 Å². The zero-order valence-electron chi connectivity index (χ0n) is 10.1.